The van der Waals surface area contributed by atoms with Crippen molar-refractivity contribution in [3.63, 3.8) is 0 Å². The Kier molecular flexibility index (Phi) is 25.3. The van der Waals surface area contributed by atoms with Crippen LogP contribution in [0.1, 0.15) is 118 Å². The minimum absolute atomic E-state index is 0.0251. The number of hydrogen-bond donors (Lipinski definition) is 11. The van der Waals surface area contributed by atoms with Crippen molar-refractivity contribution in [3.8, 4) is 0 Å². The second-order valence-electron chi connectivity index (χ2n) is 20.4. The summed E-state index contributed by atoms with van der Waals surface area (Å²) in [5.41, 5.74) is 17.0. The standard InChI is InChI=1S/C53H82N10O13/c1-31(2)47(61-49(69)41(57-36(7)65)11-8-9-23-54)50(70)60-42(12-10-24-56-51(55)71)48(68)58-38-18-16-37(17-19-38)29-73-52(72)63-62-46(67)26-40-28-53(30-74-53)27-39(76-40)20-13-32(3)14-21-44-33(4)25-43(35(6)75-44)59-45(66)22-15-34(5)64/h13-20,22,31,33-35,39-44,47,64H,8-12,21,23-30,54H2,1-7H3,(H,57,65)(H,58,68)(H,59,66)(H,60,70)(H,61,69)(H,62,67)(H,63,72)(H3,55,56,71)/b20-13+,22-15-,32-14+/t33-,34-,35+,39+,40+,41-,42-,43+,44-,47-,53+/m0/s1. The number of nitrogens with one attached hydrogen (secondary N) is 8. The number of rotatable bonds is 27. The summed E-state index contributed by atoms with van der Waals surface area (Å²) in [4.78, 5) is 102. The van der Waals surface area contributed by atoms with Crippen LogP contribution in [0.15, 0.2) is 60.2 Å². The summed E-state index contributed by atoms with van der Waals surface area (Å²) in [6.45, 7) is 13.3. The first-order valence-electron chi connectivity index (χ1n) is 26.2. The lowest BCUT2D eigenvalue weighted by Crippen LogP contribution is -2.57. The maximum Gasteiger partial charge on any atom is 0.426 e. The monoisotopic (exact) mass is 1070 g/mol. The number of carbonyl (C=O) groups is 8. The first-order chi connectivity index (χ1) is 36.0. The quantitative estimate of drug-likeness (QED) is 0.0198. The molecule has 23 nitrogen and oxygen atoms in total. The van der Waals surface area contributed by atoms with E-state index in [1.807, 2.05) is 26.0 Å². The van der Waals surface area contributed by atoms with Gasteiger partial charge in [0.1, 0.15) is 24.7 Å². The van der Waals surface area contributed by atoms with Crippen LogP contribution in [0.5, 0.6) is 0 Å². The lowest BCUT2D eigenvalue weighted by molar-refractivity contribution is -0.133. The Balaban J connectivity index is 1.23. The van der Waals surface area contributed by atoms with Gasteiger partial charge in [0.15, 0.2) is 0 Å². The number of aliphatic hydroxyl groups is 1. The molecule has 0 radical (unpaired) electrons. The van der Waals surface area contributed by atoms with Crippen molar-refractivity contribution in [2.45, 2.75) is 180 Å². The maximum atomic E-state index is 13.7. The smallest absolute Gasteiger partial charge is 0.426 e. The molecule has 11 atom stereocenters. The van der Waals surface area contributed by atoms with Gasteiger partial charge in [-0.2, -0.15) is 0 Å². The first-order valence-corrected chi connectivity index (χ1v) is 26.2. The van der Waals surface area contributed by atoms with Gasteiger partial charge in [-0.15, -0.1) is 0 Å². The summed E-state index contributed by atoms with van der Waals surface area (Å²) < 4.78 is 23.7. The number of allylic oxidation sites excluding steroid dienone is 2. The molecule has 1 spiro atoms. The maximum absolute atomic E-state index is 13.7. The van der Waals surface area contributed by atoms with Crippen molar-refractivity contribution >= 4 is 53.3 Å². The SMILES string of the molecule is CC(=O)N[C@@H](CCCCN)C(=O)N[C@H](C(=O)N[C@@H](CCCNC(N)=O)C(=O)Nc1ccc(COC(=O)NNC(=O)C[C@@H]2C[C@@]3(CO3)C[C@@H](/C=C/C(C)=C/C[C@@H]3O[C@H](C)[C@H](NC(=O)/C=C\[C@H](C)O)C[C@@H]3C)O2)cc1)C(C)C. The summed E-state index contributed by atoms with van der Waals surface area (Å²) in [5.74, 6) is -3.13. The van der Waals surface area contributed by atoms with Crippen LogP contribution in [0.2, 0.25) is 0 Å². The largest absolute Gasteiger partial charge is 0.443 e. The first kappa shape index (κ1) is 62.1. The lowest BCUT2D eigenvalue weighted by Gasteiger charge is -2.39. The van der Waals surface area contributed by atoms with Crippen molar-refractivity contribution in [1.82, 2.24) is 37.4 Å². The molecule has 3 aliphatic rings. The van der Waals surface area contributed by atoms with Crippen molar-refractivity contribution in [2.75, 3.05) is 25.0 Å². The van der Waals surface area contributed by atoms with E-state index in [1.54, 1.807) is 45.0 Å². The van der Waals surface area contributed by atoms with Gasteiger partial charge in [-0.3, -0.25) is 34.2 Å². The van der Waals surface area contributed by atoms with E-state index in [0.29, 0.717) is 62.9 Å². The molecule has 13 N–H and O–H groups in total. The molecule has 76 heavy (non-hydrogen) atoms. The summed E-state index contributed by atoms with van der Waals surface area (Å²) in [6.07, 6.45) is 10.7. The van der Waals surface area contributed by atoms with Gasteiger partial charge in [-0.1, -0.05) is 62.8 Å². The van der Waals surface area contributed by atoms with E-state index in [0.717, 1.165) is 12.0 Å². The van der Waals surface area contributed by atoms with Crippen LogP contribution < -0.4 is 54.2 Å². The Morgan fingerprint density at radius 2 is 1.57 bits per heavy atom. The Morgan fingerprint density at radius 1 is 0.868 bits per heavy atom. The molecule has 3 aliphatic heterocycles. The van der Waals surface area contributed by atoms with Gasteiger partial charge in [0.25, 0.3) is 0 Å². The zero-order chi connectivity index (χ0) is 56.0. The minimum atomic E-state index is -1.10. The van der Waals surface area contributed by atoms with Crippen LogP contribution in [-0.2, 0) is 54.3 Å². The fourth-order valence-electron chi connectivity index (χ4n) is 8.90. The number of ether oxygens (including phenoxy) is 4. The zero-order valence-corrected chi connectivity index (χ0v) is 44.9. The fourth-order valence-corrected chi connectivity index (χ4v) is 8.90. The molecule has 0 unspecified atom stereocenters. The van der Waals surface area contributed by atoms with Gasteiger partial charge >= 0.3 is 12.1 Å². The van der Waals surface area contributed by atoms with Gasteiger partial charge in [0, 0.05) is 38.1 Å². The third-order valence-corrected chi connectivity index (χ3v) is 13.2. The number of amides is 9. The van der Waals surface area contributed by atoms with Crippen LogP contribution in [0.4, 0.5) is 15.3 Å². The molecule has 4 rings (SSSR count). The van der Waals surface area contributed by atoms with Crippen molar-refractivity contribution in [1.29, 1.82) is 0 Å². The second kappa shape index (κ2) is 31.0. The normalized spacial score (nSPS) is 23.9. The Morgan fingerprint density at radius 3 is 2.21 bits per heavy atom. The predicted octanol–water partition coefficient (Wildman–Crippen LogP) is 2.42. The molecule has 3 fully saturated rings. The number of nitrogens with two attached hydrogens (primary N) is 2. The molecule has 0 bridgehead atoms. The summed E-state index contributed by atoms with van der Waals surface area (Å²) in [5, 5.41) is 25.7. The fraction of sp³-hybridized carbons (Fsp3) is 0.623. The molecule has 422 valence electrons. The van der Waals surface area contributed by atoms with Crippen LogP contribution in [0.3, 0.4) is 0 Å². The van der Waals surface area contributed by atoms with Gasteiger partial charge in [0.05, 0.1) is 55.2 Å². The van der Waals surface area contributed by atoms with E-state index in [1.165, 1.54) is 19.1 Å². The molecule has 0 aromatic heterocycles. The van der Waals surface area contributed by atoms with Gasteiger partial charge in [0.2, 0.25) is 35.4 Å². The number of unbranched alkanes of at least 4 members (excludes halogenated alkanes) is 1. The van der Waals surface area contributed by atoms with Crippen LogP contribution >= 0.6 is 0 Å². The van der Waals surface area contributed by atoms with Crippen molar-refractivity contribution in [2.24, 2.45) is 23.3 Å². The average Bonchev–Trinajstić information content (AvgIpc) is 4.10. The number of epoxide rings is 1. The third-order valence-electron chi connectivity index (χ3n) is 13.2. The van der Waals surface area contributed by atoms with Crippen LogP contribution in [0.25, 0.3) is 0 Å². The van der Waals surface area contributed by atoms with E-state index in [2.05, 4.69) is 55.8 Å². The highest BCUT2D eigenvalue weighted by atomic mass is 16.6. The number of benzene rings is 1. The Labute approximate surface area is 445 Å². The number of anilines is 1. The highest BCUT2D eigenvalue weighted by Gasteiger charge is 2.51. The highest BCUT2D eigenvalue weighted by molar-refractivity contribution is 5.99. The highest BCUT2D eigenvalue weighted by Crippen LogP contribution is 2.43. The third kappa shape index (κ3) is 22.4. The summed E-state index contributed by atoms with van der Waals surface area (Å²) in [7, 11) is 0. The van der Waals surface area contributed by atoms with Crippen molar-refractivity contribution in [3.05, 3.63) is 65.8 Å². The molecule has 23 heteroatoms. The molecule has 3 heterocycles. The minimum Gasteiger partial charge on any atom is -0.443 e. The summed E-state index contributed by atoms with van der Waals surface area (Å²) in [6, 6.07) is 2.43. The van der Waals surface area contributed by atoms with E-state index < -0.39 is 77.9 Å². The average molecular weight is 1070 g/mol. The molecule has 1 aromatic rings. The molecular formula is C53H82N10O13. The van der Waals surface area contributed by atoms with E-state index in [9.17, 15) is 43.5 Å². The molecule has 1 aromatic carbocycles. The number of hydrazine groups is 1. The summed E-state index contributed by atoms with van der Waals surface area (Å²) >= 11 is 0. The molecule has 3 saturated heterocycles. The molecular weight excluding hydrogens is 985 g/mol. The number of urea groups is 1. The van der Waals surface area contributed by atoms with Gasteiger partial charge < -0.3 is 67.4 Å². The van der Waals surface area contributed by atoms with Gasteiger partial charge in [-0.25, -0.2) is 15.0 Å². The van der Waals surface area contributed by atoms with Crippen molar-refractivity contribution < 1.29 is 62.4 Å². The second-order valence-corrected chi connectivity index (χ2v) is 20.4. The molecule has 0 aliphatic carbocycles. The van der Waals surface area contributed by atoms with E-state index in [-0.39, 0.29) is 74.2 Å². The molecule has 9 amide bonds. The van der Waals surface area contributed by atoms with E-state index in [4.69, 9.17) is 30.4 Å². The number of carbonyl (C=O) groups excluding carboxylic acids is 8. The van der Waals surface area contributed by atoms with Crippen LogP contribution in [0, 0.1) is 11.8 Å². The van der Waals surface area contributed by atoms with Crippen LogP contribution in [-0.4, -0.2) is 133 Å². The van der Waals surface area contributed by atoms with Gasteiger partial charge in [-0.05, 0) is 102 Å². The lowest BCUT2D eigenvalue weighted by atomic mass is 9.88. The number of hydrogen-bond acceptors (Lipinski definition) is 14. The zero-order valence-electron chi connectivity index (χ0n) is 44.9. The topological polar surface area (TPSA) is 345 Å². The molecule has 0 saturated carbocycles. The predicted molar refractivity (Wildman–Crippen MR) is 282 cm³/mol. The number of primary amides is 1. The van der Waals surface area contributed by atoms with E-state index >= 15 is 0 Å². The number of aliphatic hydroxyl groups excluding tert-OH is 1. The Hall–Kier alpha value is -6.40. The Bertz CT molecular complexity index is 2220.